The smallest absolute Gasteiger partial charge is 0.141 e. The average molecular weight is 821 g/mol. The van der Waals surface area contributed by atoms with E-state index in [1.165, 1.54) is 0 Å². The van der Waals surface area contributed by atoms with Gasteiger partial charge in [0.1, 0.15) is 11.2 Å². The lowest BCUT2D eigenvalue weighted by molar-refractivity contribution is 0.0748. The largest absolute Gasteiger partial charge is 0.376 e. The van der Waals surface area contributed by atoms with Crippen LogP contribution in [-0.4, -0.2) is 10.2 Å². The molecule has 0 saturated carbocycles. The average Bonchev–Trinajstić information content (AvgIpc) is 3.39. The van der Waals surface area contributed by atoms with Crippen LogP contribution in [0.4, 0.5) is 0 Å². The first kappa shape index (κ1) is 39.0. The number of aliphatic hydroxyl groups is 2. The molecular formula is C62H44O2. The molecule has 0 amide bonds. The molecule has 2 nitrogen and oxygen atoms in total. The Morgan fingerprint density at radius 3 is 0.594 bits per heavy atom. The Balaban J connectivity index is 0.986. The zero-order valence-corrected chi connectivity index (χ0v) is 35.1. The number of hydrogen-bond donors (Lipinski definition) is 2. The molecule has 0 atom stereocenters. The van der Waals surface area contributed by atoms with Gasteiger partial charge in [-0.2, -0.15) is 0 Å². The SMILES string of the molecule is OC1(c2ccc(-c3cc(-c4ccccc4)cc(-c4ccccc4)c3)cc2)c2ccccc2C(O)(c2ccc(-c3cc(-c4ccccc4)cc(-c4ccccc4)c3)cc2)c2ccccc21. The molecule has 0 radical (unpaired) electrons. The maximum atomic E-state index is 13.3. The molecule has 0 heterocycles. The van der Waals surface area contributed by atoms with Gasteiger partial charge in [0.2, 0.25) is 0 Å². The highest BCUT2D eigenvalue weighted by molar-refractivity contribution is 5.83. The van der Waals surface area contributed by atoms with Crippen molar-refractivity contribution in [3.05, 3.63) is 288 Å². The highest BCUT2D eigenvalue weighted by Gasteiger charge is 2.50. The van der Waals surface area contributed by atoms with Crippen molar-refractivity contribution in [2.45, 2.75) is 11.2 Å². The van der Waals surface area contributed by atoms with Crippen molar-refractivity contribution in [2.24, 2.45) is 0 Å². The third-order valence-electron chi connectivity index (χ3n) is 13.0. The number of benzene rings is 10. The van der Waals surface area contributed by atoms with Crippen molar-refractivity contribution in [3.63, 3.8) is 0 Å². The van der Waals surface area contributed by atoms with Crippen LogP contribution in [0, 0.1) is 0 Å². The molecule has 10 aromatic carbocycles. The molecular weight excluding hydrogens is 777 g/mol. The van der Waals surface area contributed by atoms with Gasteiger partial charge < -0.3 is 10.2 Å². The predicted molar refractivity (Wildman–Crippen MR) is 263 cm³/mol. The second-order valence-electron chi connectivity index (χ2n) is 16.7. The van der Waals surface area contributed by atoms with E-state index in [0.29, 0.717) is 22.3 Å². The monoisotopic (exact) mass is 820 g/mol. The summed E-state index contributed by atoms with van der Waals surface area (Å²) in [5.41, 5.74) is 14.4. The van der Waals surface area contributed by atoms with Crippen LogP contribution in [0.2, 0.25) is 0 Å². The fraction of sp³-hybridized carbons (Fsp3) is 0.0323. The molecule has 0 aromatic heterocycles. The highest BCUT2D eigenvalue weighted by Crippen LogP contribution is 2.53. The second kappa shape index (κ2) is 16.1. The van der Waals surface area contributed by atoms with E-state index in [1.54, 1.807) is 0 Å². The van der Waals surface area contributed by atoms with Crippen molar-refractivity contribution in [2.75, 3.05) is 0 Å². The van der Waals surface area contributed by atoms with Crippen LogP contribution >= 0.6 is 0 Å². The number of hydrogen-bond acceptors (Lipinski definition) is 2. The van der Waals surface area contributed by atoms with Crippen LogP contribution in [-0.2, 0) is 11.2 Å². The minimum Gasteiger partial charge on any atom is -0.376 e. The van der Waals surface area contributed by atoms with Gasteiger partial charge in [-0.25, -0.2) is 0 Å². The van der Waals surface area contributed by atoms with Crippen LogP contribution in [0.15, 0.2) is 255 Å². The zero-order valence-electron chi connectivity index (χ0n) is 35.1. The van der Waals surface area contributed by atoms with Gasteiger partial charge in [-0.15, -0.1) is 0 Å². The van der Waals surface area contributed by atoms with Crippen molar-refractivity contribution in [1.82, 2.24) is 0 Å². The van der Waals surface area contributed by atoms with Crippen LogP contribution < -0.4 is 0 Å². The molecule has 11 rings (SSSR count). The van der Waals surface area contributed by atoms with E-state index in [1.807, 2.05) is 97.1 Å². The Morgan fingerprint density at radius 2 is 0.375 bits per heavy atom. The van der Waals surface area contributed by atoms with Gasteiger partial charge >= 0.3 is 0 Å². The first-order chi connectivity index (χ1) is 31.5. The molecule has 0 unspecified atom stereocenters. The molecule has 64 heavy (non-hydrogen) atoms. The van der Waals surface area contributed by atoms with Gasteiger partial charge in [0, 0.05) is 0 Å². The molecule has 2 heteroatoms. The maximum Gasteiger partial charge on any atom is 0.141 e. The van der Waals surface area contributed by atoms with Gasteiger partial charge in [0.25, 0.3) is 0 Å². The van der Waals surface area contributed by atoms with Gasteiger partial charge in [0.15, 0.2) is 0 Å². The van der Waals surface area contributed by atoms with E-state index in [-0.39, 0.29) is 0 Å². The standard InChI is InChI=1S/C62H44O2/c63-61(55-33-29-47(30-34-55)53-39-49(43-17-5-1-6-18-43)37-50(40-53)44-19-7-2-8-20-44)57-25-13-15-27-59(57)62(64,60-28-16-14-26-58(60)61)56-35-31-48(32-36-56)54-41-51(45-21-9-3-10-22-45)38-52(42-54)46-23-11-4-12-24-46/h1-42,63-64H. The minimum atomic E-state index is -1.54. The molecule has 2 N–H and O–H groups in total. The Kier molecular flexibility index (Phi) is 9.81. The molecule has 10 aromatic rings. The lowest BCUT2D eigenvalue weighted by Gasteiger charge is -2.45. The van der Waals surface area contributed by atoms with E-state index in [9.17, 15) is 10.2 Å². The molecule has 0 aliphatic heterocycles. The van der Waals surface area contributed by atoms with Crippen molar-refractivity contribution in [1.29, 1.82) is 0 Å². The Morgan fingerprint density at radius 1 is 0.188 bits per heavy atom. The predicted octanol–water partition coefficient (Wildman–Crippen LogP) is 14.6. The molecule has 304 valence electrons. The summed E-state index contributed by atoms with van der Waals surface area (Å²) in [6.07, 6.45) is 0. The zero-order chi connectivity index (χ0) is 43.1. The van der Waals surface area contributed by atoms with Gasteiger partial charge in [-0.05, 0) is 137 Å². The summed E-state index contributed by atoms with van der Waals surface area (Å²) < 4.78 is 0. The summed E-state index contributed by atoms with van der Waals surface area (Å²) in [6, 6.07) is 87.5. The molecule has 1 aliphatic carbocycles. The summed E-state index contributed by atoms with van der Waals surface area (Å²) in [7, 11) is 0. The Labute approximate surface area is 374 Å². The molecule has 1 aliphatic rings. The van der Waals surface area contributed by atoms with Crippen molar-refractivity contribution >= 4 is 0 Å². The summed E-state index contributed by atoms with van der Waals surface area (Å²) >= 11 is 0. The minimum absolute atomic E-state index is 0.647. The normalized spacial score (nSPS) is 16.4. The van der Waals surface area contributed by atoms with Crippen LogP contribution in [0.1, 0.15) is 33.4 Å². The van der Waals surface area contributed by atoms with E-state index >= 15 is 0 Å². The van der Waals surface area contributed by atoms with Gasteiger partial charge in [-0.3, -0.25) is 0 Å². The van der Waals surface area contributed by atoms with Crippen LogP contribution in [0.3, 0.4) is 0 Å². The first-order valence-electron chi connectivity index (χ1n) is 21.9. The first-order valence-corrected chi connectivity index (χ1v) is 21.9. The number of rotatable bonds is 8. The fourth-order valence-electron chi connectivity index (χ4n) is 9.73. The van der Waals surface area contributed by atoms with Crippen LogP contribution in [0.25, 0.3) is 66.8 Å². The Hall–Kier alpha value is -7.88. The summed E-state index contributed by atoms with van der Waals surface area (Å²) in [5, 5.41) is 26.6. The fourth-order valence-corrected chi connectivity index (χ4v) is 9.73. The van der Waals surface area contributed by atoms with Gasteiger partial charge in [0.05, 0.1) is 0 Å². The highest BCUT2D eigenvalue weighted by atomic mass is 16.3. The summed E-state index contributed by atoms with van der Waals surface area (Å²) in [4.78, 5) is 0. The molecule has 0 saturated heterocycles. The molecule has 0 bridgehead atoms. The summed E-state index contributed by atoms with van der Waals surface area (Å²) in [5.74, 6) is 0. The second-order valence-corrected chi connectivity index (χ2v) is 16.7. The van der Waals surface area contributed by atoms with E-state index < -0.39 is 11.2 Å². The van der Waals surface area contributed by atoms with Gasteiger partial charge in [-0.1, -0.05) is 218 Å². The molecule has 0 spiro atoms. The maximum absolute atomic E-state index is 13.3. The molecule has 0 fully saturated rings. The van der Waals surface area contributed by atoms with Crippen molar-refractivity contribution < 1.29 is 10.2 Å². The van der Waals surface area contributed by atoms with E-state index in [2.05, 4.69) is 158 Å². The van der Waals surface area contributed by atoms with Crippen molar-refractivity contribution in [3.8, 4) is 66.8 Å². The van der Waals surface area contributed by atoms with Crippen LogP contribution in [0.5, 0.6) is 0 Å². The van der Waals surface area contributed by atoms with E-state index in [4.69, 9.17) is 0 Å². The lowest BCUT2D eigenvalue weighted by Crippen LogP contribution is -2.44. The summed E-state index contributed by atoms with van der Waals surface area (Å²) in [6.45, 7) is 0. The third-order valence-corrected chi connectivity index (χ3v) is 13.0. The Bertz CT molecular complexity index is 2860. The topological polar surface area (TPSA) is 40.5 Å². The number of fused-ring (bicyclic) bond motifs is 2. The quantitative estimate of drug-likeness (QED) is 0.160. The third kappa shape index (κ3) is 6.78. The van der Waals surface area contributed by atoms with E-state index in [0.717, 1.165) is 77.9 Å². The lowest BCUT2D eigenvalue weighted by atomic mass is 9.63.